The number of carbonyl (C=O) groups excluding carboxylic acids is 1. The van der Waals surface area contributed by atoms with Gasteiger partial charge in [0.1, 0.15) is 16.9 Å². The third kappa shape index (κ3) is 3.17. The Morgan fingerprint density at radius 3 is 2.57 bits per heavy atom. The number of rotatable bonds is 5. The van der Waals surface area contributed by atoms with E-state index in [0.29, 0.717) is 29.1 Å². The lowest BCUT2D eigenvalue weighted by Gasteiger charge is -2.08. The van der Waals surface area contributed by atoms with E-state index in [2.05, 4.69) is 12.2 Å². The Bertz CT molecular complexity index is 1180. The van der Waals surface area contributed by atoms with Crippen LogP contribution < -0.4 is 11.1 Å². The van der Waals surface area contributed by atoms with Crippen LogP contribution in [0.3, 0.4) is 0 Å². The molecule has 6 heteroatoms. The minimum Gasteiger partial charge on any atom is -0.384 e. The van der Waals surface area contributed by atoms with Gasteiger partial charge in [-0.05, 0) is 43.2 Å². The largest absolute Gasteiger partial charge is 0.384 e. The second kappa shape index (κ2) is 7.31. The fourth-order valence-electron chi connectivity index (χ4n) is 3.40. The van der Waals surface area contributed by atoms with Gasteiger partial charge in [0.15, 0.2) is 5.65 Å². The number of nitrogens with one attached hydrogen (secondary N) is 1. The number of para-hydroxylation sites is 2. The van der Waals surface area contributed by atoms with E-state index < -0.39 is 0 Å². The van der Waals surface area contributed by atoms with E-state index in [0.717, 1.165) is 35.1 Å². The summed E-state index contributed by atoms with van der Waals surface area (Å²) in [6, 6.07) is 15.3. The number of carbonyl (C=O) groups is 1. The molecule has 0 spiro atoms. The van der Waals surface area contributed by atoms with Gasteiger partial charge in [-0.25, -0.2) is 9.97 Å². The zero-order valence-corrected chi connectivity index (χ0v) is 16.1. The smallest absolute Gasteiger partial charge is 0.261 e. The van der Waals surface area contributed by atoms with E-state index in [-0.39, 0.29) is 5.91 Å². The molecule has 142 valence electrons. The van der Waals surface area contributed by atoms with Crippen molar-refractivity contribution < 1.29 is 4.79 Å². The van der Waals surface area contributed by atoms with Crippen molar-refractivity contribution in [3.63, 3.8) is 0 Å². The Labute approximate surface area is 163 Å². The van der Waals surface area contributed by atoms with E-state index in [4.69, 9.17) is 15.7 Å². The number of hydrogen-bond acceptors (Lipinski definition) is 4. The van der Waals surface area contributed by atoms with Crippen LogP contribution in [-0.2, 0) is 6.54 Å². The molecule has 2 heterocycles. The van der Waals surface area contributed by atoms with Crippen molar-refractivity contribution in [1.82, 2.24) is 14.5 Å². The first-order valence-corrected chi connectivity index (χ1v) is 9.51. The molecule has 6 nitrogen and oxygen atoms in total. The summed E-state index contributed by atoms with van der Waals surface area (Å²) in [4.78, 5) is 22.6. The molecule has 0 radical (unpaired) electrons. The molecular weight excluding hydrogens is 350 g/mol. The number of nitrogen functional groups attached to an aromatic ring is 1. The summed E-state index contributed by atoms with van der Waals surface area (Å²) in [5, 5.41) is 2.95. The second-order valence-corrected chi connectivity index (χ2v) is 6.97. The zero-order chi connectivity index (χ0) is 19.7. The number of anilines is 2. The first-order valence-electron chi connectivity index (χ1n) is 9.51. The van der Waals surface area contributed by atoms with Gasteiger partial charge in [0.25, 0.3) is 5.91 Å². The van der Waals surface area contributed by atoms with Crippen LogP contribution >= 0.6 is 0 Å². The standard InChI is InChI=1S/C22H23N5O/c1-3-4-12-27-20(23)18(22(28)24-15-9-7-8-14(2)13-15)19-21(27)26-17-11-6-5-10-16(17)25-19/h5-11,13H,3-4,12,23H2,1-2H3,(H,24,28). The number of aromatic nitrogens is 3. The second-order valence-electron chi connectivity index (χ2n) is 6.97. The Kier molecular flexibility index (Phi) is 4.69. The summed E-state index contributed by atoms with van der Waals surface area (Å²) < 4.78 is 1.91. The zero-order valence-electron chi connectivity index (χ0n) is 16.1. The molecule has 0 saturated carbocycles. The third-order valence-corrected chi connectivity index (χ3v) is 4.83. The van der Waals surface area contributed by atoms with Crippen LogP contribution in [0.5, 0.6) is 0 Å². The van der Waals surface area contributed by atoms with Gasteiger partial charge in [-0.2, -0.15) is 0 Å². The van der Waals surface area contributed by atoms with Crippen LogP contribution in [0.4, 0.5) is 11.5 Å². The highest BCUT2D eigenvalue weighted by molar-refractivity contribution is 6.16. The Morgan fingerprint density at radius 1 is 1.11 bits per heavy atom. The van der Waals surface area contributed by atoms with Gasteiger partial charge in [0.2, 0.25) is 0 Å². The van der Waals surface area contributed by atoms with Crippen molar-refractivity contribution in [3.8, 4) is 0 Å². The monoisotopic (exact) mass is 373 g/mol. The summed E-state index contributed by atoms with van der Waals surface area (Å²) in [5.41, 5.74) is 11.3. The number of aryl methyl sites for hydroxylation is 2. The predicted molar refractivity (Wildman–Crippen MR) is 113 cm³/mol. The van der Waals surface area contributed by atoms with Crippen molar-refractivity contribution in [2.75, 3.05) is 11.1 Å². The molecule has 0 fully saturated rings. The molecule has 4 aromatic rings. The van der Waals surface area contributed by atoms with Gasteiger partial charge in [-0.3, -0.25) is 4.79 Å². The fraction of sp³-hybridized carbons (Fsp3) is 0.227. The maximum Gasteiger partial charge on any atom is 0.261 e. The lowest BCUT2D eigenvalue weighted by Crippen LogP contribution is -2.15. The topological polar surface area (TPSA) is 85.8 Å². The van der Waals surface area contributed by atoms with Crippen LogP contribution in [0, 0.1) is 6.92 Å². The van der Waals surface area contributed by atoms with Crippen LogP contribution in [0.2, 0.25) is 0 Å². The van der Waals surface area contributed by atoms with Gasteiger partial charge < -0.3 is 15.6 Å². The van der Waals surface area contributed by atoms with Crippen molar-refractivity contribution >= 4 is 39.6 Å². The maximum absolute atomic E-state index is 13.1. The molecule has 2 aromatic heterocycles. The molecule has 0 atom stereocenters. The molecule has 0 saturated heterocycles. The van der Waals surface area contributed by atoms with E-state index in [1.807, 2.05) is 60.0 Å². The van der Waals surface area contributed by atoms with Crippen LogP contribution in [0.15, 0.2) is 48.5 Å². The van der Waals surface area contributed by atoms with Crippen LogP contribution in [-0.4, -0.2) is 20.4 Å². The first-order chi connectivity index (χ1) is 13.6. The summed E-state index contributed by atoms with van der Waals surface area (Å²) >= 11 is 0. The highest BCUT2D eigenvalue weighted by atomic mass is 16.1. The van der Waals surface area contributed by atoms with Crippen molar-refractivity contribution in [3.05, 3.63) is 59.7 Å². The molecule has 0 unspecified atom stereocenters. The molecular formula is C22H23N5O. The highest BCUT2D eigenvalue weighted by Gasteiger charge is 2.23. The number of nitrogens with zero attached hydrogens (tertiary/aromatic N) is 3. The van der Waals surface area contributed by atoms with Crippen molar-refractivity contribution in [2.45, 2.75) is 33.2 Å². The first kappa shape index (κ1) is 18.0. The van der Waals surface area contributed by atoms with E-state index in [1.165, 1.54) is 0 Å². The Balaban J connectivity index is 1.87. The lowest BCUT2D eigenvalue weighted by molar-refractivity contribution is 0.102. The Morgan fingerprint density at radius 2 is 1.86 bits per heavy atom. The van der Waals surface area contributed by atoms with Crippen molar-refractivity contribution in [1.29, 1.82) is 0 Å². The van der Waals surface area contributed by atoms with E-state index in [1.54, 1.807) is 0 Å². The van der Waals surface area contributed by atoms with E-state index >= 15 is 0 Å². The fourth-order valence-corrected chi connectivity index (χ4v) is 3.40. The molecule has 0 aliphatic rings. The quantitative estimate of drug-likeness (QED) is 0.538. The third-order valence-electron chi connectivity index (χ3n) is 4.83. The number of benzene rings is 2. The highest BCUT2D eigenvalue weighted by Crippen LogP contribution is 2.29. The van der Waals surface area contributed by atoms with Gasteiger partial charge >= 0.3 is 0 Å². The molecule has 0 aliphatic carbocycles. The molecule has 3 N–H and O–H groups in total. The average Bonchev–Trinajstić information content (AvgIpc) is 2.95. The van der Waals surface area contributed by atoms with Gasteiger partial charge in [-0.1, -0.05) is 37.6 Å². The number of hydrogen-bond donors (Lipinski definition) is 2. The molecule has 1 amide bonds. The number of fused-ring (bicyclic) bond motifs is 2. The number of nitrogens with two attached hydrogens (primary N) is 1. The van der Waals surface area contributed by atoms with Crippen molar-refractivity contribution in [2.24, 2.45) is 0 Å². The average molecular weight is 373 g/mol. The van der Waals surface area contributed by atoms with Crippen LogP contribution in [0.1, 0.15) is 35.7 Å². The minimum absolute atomic E-state index is 0.270. The number of unbranched alkanes of at least 4 members (excludes halogenated alkanes) is 1. The normalized spacial score (nSPS) is 11.2. The van der Waals surface area contributed by atoms with Gasteiger partial charge in [0.05, 0.1) is 11.0 Å². The summed E-state index contributed by atoms with van der Waals surface area (Å²) in [6.45, 7) is 4.80. The minimum atomic E-state index is -0.270. The predicted octanol–water partition coefficient (Wildman–Crippen LogP) is 4.53. The van der Waals surface area contributed by atoms with Gasteiger partial charge in [-0.15, -0.1) is 0 Å². The van der Waals surface area contributed by atoms with E-state index in [9.17, 15) is 4.79 Å². The molecule has 0 aliphatic heterocycles. The molecule has 4 rings (SSSR count). The van der Waals surface area contributed by atoms with Crippen LogP contribution in [0.25, 0.3) is 22.2 Å². The maximum atomic E-state index is 13.1. The SMILES string of the molecule is CCCCn1c(N)c(C(=O)Nc2cccc(C)c2)c2nc3ccccc3nc21. The molecule has 2 aromatic carbocycles. The summed E-state index contributed by atoms with van der Waals surface area (Å²) in [5.74, 6) is 0.136. The van der Waals surface area contributed by atoms with Gasteiger partial charge in [0, 0.05) is 12.2 Å². The summed E-state index contributed by atoms with van der Waals surface area (Å²) in [7, 11) is 0. The Hall–Kier alpha value is -3.41. The summed E-state index contributed by atoms with van der Waals surface area (Å²) in [6.07, 6.45) is 1.96. The molecule has 0 bridgehead atoms. The lowest BCUT2D eigenvalue weighted by atomic mass is 10.2. The molecule has 28 heavy (non-hydrogen) atoms. The number of amides is 1.